The smallest absolute Gasteiger partial charge is 0.330 e. The van der Waals surface area contributed by atoms with Crippen LogP contribution in [0, 0.1) is 0 Å². The Morgan fingerprint density at radius 1 is 1.36 bits per heavy atom. The molecule has 0 unspecified atom stereocenters. The summed E-state index contributed by atoms with van der Waals surface area (Å²) in [5, 5.41) is 0. The molecule has 0 saturated heterocycles. The van der Waals surface area contributed by atoms with Crippen molar-refractivity contribution in [1.29, 1.82) is 0 Å². The molecule has 82 valence electrons. The predicted molar refractivity (Wildman–Crippen MR) is 52.8 cm³/mol. The van der Waals surface area contributed by atoms with Crippen LogP contribution in [0.3, 0.4) is 0 Å². The second-order valence-corrected chi connectivity index (χ2v) is 2.93. The highest BCUT2D eigenvalue weighted by atomic mass is 16.7. The third kappa shape index (κ3) is 3.47. The van der Waals surface area contributed by atoms with Gasteiger partial charge in [-0.3, -0.25) is 0 Å². The van der Waals surface area contributed by atoms with Crippen molar-refractivity contribution in [3.05, 3.63) is 11.6 Å². The first kappa shape index (κ1) is 13.1. The lowest BCUT2D eigenvalue weighted by Gasteiger charge is -2.27. The predicted octanol–water partition coefficient (Wildman–Crippen LogP) is 1.50. The topological polar surface area (TPSA) is 44.8 Å². The van der Waals surface area contributed by atoms with Crippen molar-refractivity contribution in [3.8, 4) is 0 Å². The van der Waals surface area contributed by atoms with E-state index in [9.17, 15) is 4.79 Å². The van der Waals surface area contributed by atoms with Crippen LogP contribution < -0.4 is 0 Å². The number of ether oxygens (including phenoxy) is 3. The van der Waals surface area contributed by atoms with Crippen LogP contribution in [0.15, 0.2) is 11.6 Å². The number of methoxy groups -OCH3 is 2. The number of hydrogen-bond donors (Lipinski definition) is 0. The maximum absolute atomic E-state index is 11.1. The normalized spacial score (nSPS) is 12.8. The average Bonchev–Trinajstić information content (AvgIpc) is 2.16. The molecule has 4 nitrogen and oxygen atoms in total. The highest BCUT2D eigenvalue weighted by molar-refractivity contribution is 5.82. The van der Waals surface area contributed by atoms with Crippen LogP contribution in [0.4, 0.5) is 0 Å². The minimum Gasteiger partial charge on any atom is -0.463 e. The van der Waals surface area contributed by atoms with E-state index >= 15 is 0 Å². The number of hydrogen-bond acceptors (Lipinski definition) is 4. The Labute approximate surface area is 84.8 Å². The second-order valence-electron chi connectivity index (χ2n) is 2.93. The van der Waals surface area contributed by atoms with Gasteiger partial charge in [0.05, 0.1) is 6.61 Å². The SMILES string of the molecule is CCOC(=O)C=C(C)C(C)(OC)OC. The zero-order chi connectivity index (χ0) is 11.2. The maximum atomic E-state index is 11.1. The molecule has 14 heavy (non-hydrogen) atoms. The standard InChI is InChI=1S/C10H18O4/c1-6-14-9(11)7-8(2)10(3,12-4)13-5/h7H,6H2,1-5H3. The van der Waals surface area contributed by atoms with Crippen LogP contribution in [-0.2, 0) is 19.0 Å². The monoisotopic (exact) mass is 202 g/mol. The largest absolute Gasteiger partial charge is 0.463 e. The molecule has 0 aromatic heterocycles. The van der Waals surface area contributed by atoms with Crippen LogP contribution in [-0.4, -0.2) is 32.6 Å². The Balaban J connectivity index is 4.56. The summed E-state index contributed by atoms with van der Waals surface area (Å²) in [6.07, 6.45) is 1.37. The summed E-state index contributed by atoms with van der Waals surface area (Å²) in [6.45, 7) is 5.61. The van der Waals surface area contributed by atoms with Crippen molar-refractivity contribution in [1.82, 2.24) is 0 Å². The Morgan fingerprint density at radius 3 is 2.21 bits per heavy atom. The summed E-state index contributed by atoms with van der Waals surface area (Å²) in [5.41, 5.74) is 0.668. The molecule has 0 bridgehead atoms. The van der Waals surface area contributed by atoms with E-state index < -0.39 is 5.79 Å². The zero-order valence-electron chi connectivity index (χ0n) is 9.42. The number of esters is 1. The van der Waals surface area contributed by atoms with E-state index in [1.807, 2.05) is 0 Å². The van der Waals surface area contributed by atoms with Gasteiger partial charge in [0.2, 0.25) is 0 Å². The van der Waals surface area contributed by atoms with E-state index in [2.05, 4.69) is 0 Å². The van der Waals surface area contributed by atoms with Crippen LogP contribution in [0.2, 0.25) is 0 Å². The van der Waals surface area contributed by atoms with Gasteiger partial charge in [-0.25, -0.2) is 4.79 Å². The zero-order valence-corrected chi connectivity index (χ0v) is 9.42. The summed E-state index contributed by atoms with van der Waals surface area (Å²) < 4.78 is 15.0. The number of rotatable bonds is 5. The van der Waals surface area contributed by atoms with Gasteiger partial charge < -0.3 is 14.2 Å². The van der Waals surface area contributed by atoms with Crippen molar-refractivity contribution in [3.63, 3.8) is 0 Å². The first-order chi connectivity index (χ1) is 6.50. The molecule has 0 aliphatic heterocycles. The Hall–Kier alpha value is -0.870. The molecule has 0 aromatic carbocycles. The molecule has 0 aromatic rings. The molecule has 0 saturated carbocycles. The minimum absolute atomic E-state index is 0.360. The van der Waals surface area contributed by atoms with Gasteiger partial charge >= 0.3 is 5.97 Å². The van der Waals surface area contributed by atoms with E-state index in [0.717, 1.165) is 0 Å². The fraction of sp³-hybridized carbons (Fsp3) is 0.700. The van der Waals surface area contributed by atoms with E-state index in [4.69, 9.17) is 14.2 Å². The van der Waals surface area contributed by atoms with Gasteiger partial charge in [0.1, 0.15) is 0 Å². The molecule has 0 aliphatic carbocycles. The summed E-state index contributed by atoms with van der Waals surface area (Å²) in [7, 11) is 3.04. The first-order valence-corrected chi connectivity index (χ1v) is 4.46. The van der Waals surface area contributed by atoms with Crippen molar-refractivity contribution in [2.45, 2.75) is 26.6 Å². The van der Waals surface area contributed by atoms with Crippen molar-refractivity contribution < 1.29 is 19.0 Å². The lowest BCUT2D eigenvalue weighted by atomic mass is 10.1. The van der Waals surface area contributed by atoms with Gasteiger partial charge in [0, 0.05) is 20.3 Å². The third-order valence-electron chi connectivity index (χ3n) is 2.12. The van der Waals surface area contributed by atoms with E-state index in [0.29, 0.717) is 12.2 Å². The van der Waals surface area contributed by atoms with E-state index in [1.165, 1.54) is 20.3 Å². The van der Waals surface area contributed by atoms with Crippen molar-refractivity contribution in [2.24, 2.45) is 0 Å². The summed E-state index contributed by atoms with van der Waals surface area (Å²) in [5.74, 6) is -1.25. The molecule has 0 radical (unpaired) electrons. The second kappa shape index (κ2) is 5.78. The molecule has 0 rings (SSSR count). The quantitative estimate of drug-likeness (QED) is 0.385. The molecule has 0 amide bonds. The van der Waals surface area contributed by atoms with Gasteiger partial charge in [0.25, 0.3) is 0 Å². The Morgan fingerprint density at radius 2 is 1.86 bits per heavy atom. The molecule has 0 aliphatic rings. The first-order valence-electron chi connectivity index (χ1n) is 4.46. The highest BCUT2D eigenvalue weighted by Gasteiger charge is 2.25. The van der Waals surface area contributed by atoms with Gasteiger partial charge in [-0.05, 0) is 26.3 Å². The Kier molecular flexibility index (Phi) is 5.42. The fourth-order valence-corrected chi connectivity index (χ4v) is 0.897. The number of carbonyl (C=O) groups is 1. The molecular weight excluding hydrogens is 184 g/mol. The third-order valence-corrected chi connectivity index (χ3v) is 2.12. The molecule has 0 heterocycles. The minimum atomic E-state index is -0.868. The fourth-order valence-electron chi connectivity index (χ4n) is 0.897. The van der Waals surface area contributed by atoms with Crippen LogP contribution >= 0.6 is 0 Å². The van der Waals surface area contributed by atoms with Crippen LogP contribution in [0.25, 0.3) is 0 Å². The molecular formula is C10H18O4. The lowest BCUT2D eigenvalue weighted by molar-refractivity contribution is -0.165. The average molecular weight is 202 g/mol. The Bertz CT molecular complexity index is 216. The van der Waals surface area contributed by atoms with E-state index in [1.54, 1.807) is 20.8 Å². The lowest BCUT2D eigenvalue weighted by Crippen LogP contribution is -2.31. The summed E-state index contributed by atoms with van der Waals surface area (Å²) in [4.78, 5) is 11.1. The maximum Gasteiger partial charge on any atom is 0.330 e. The van der Waals surface area contributed by atoms with Crippen molar-refractivity contribution >= 4 is 5.97 Å². The van der Waals surface area contributed by atoms with Crippen LogP contribution in [0.5, 0.6) is 0 Å². The molecule has 4 heteroatoms. The van der Waals surface area contributed by atoms with Crippen molar-refractivity contribution in [2.75, 3.05) is 20.8 Å². The molecule has 0 spiro atoms. The van der Waals surface area contributed by atoms with E-state index in [-0.39, 0.29) is 5.97 Å². The van der Waals surface area contributed by atoms with Crippen LogP contribution in [0.1, 0.15) is 20.8 Å². The van der Waals surface area contributed by atoms with Gasteiger partial charge in [-0.2, -0.15) is 0 Å². The molecule has 0 fully saturated rings. The highest BCUT2D eigenvalue weighted by Crippen LogP contribution is 2.20. The molecule has 0 N–H and O–H groups in total. The molecule has 0 atom stereocenters. The van der Waals surface area contributed by atoms with Gasteiger partial charge in [0.15, 0.2) is 5.79 Å². The van der Waals surface area contributed by atoms with Gasteiger partial charge in [-0.1, -0.05) is 0 Å². The number of carbonyl (C=O) groups excluding carboxylic acids is 1. The summed E-state index contributed by atoms with van der Waals surface area (Å²) in [6, 6.07) is 0. The summed E-state index contributed by atoms with van der Waals surface area (Å²) >= 11 is 0. The van der Waals surface area contributed by atoms with Gasteiger partial charge in [-0.15, -0.1) is 0 Å².